The van der Waals surface area contributed by atoms with E-state index in [4.69, 9.17) is 10.5 Å². The first-order chi connectivity index (χ1) is 7.47. The van der Waals surface area contributed by atoms with E-state index < -0.39 is 0 Å². The van der Waals surface area contributed by atoms with Crippen molar-refractivity contribution in [1.82, 2.24) is 9.80 Å². The van der Waals surface area contributed by atoms with Gasteiger partial charge < -0.3 is 15.4 Å². The first kappa shape index (κ1) is 13.9. The molecule has 0 atom stereocenters. The van der Waals surface area contributed by atoms with Crippen molar-refractivity contribution in [3.63, 3.8) is 0 Å². The number of morpholine rings is 1. The lowest BCUT2D eigenvalue weighted by molar-refractivity contribution is 0.0343. The molecule has 1 rings (SSSR count). The van der Waals surface area contributed by atoms with E-state index in [1.54, 1.807) is 0 Å². The third-order valence-corrected chi connectivity index (χ3v) is 3.04. The van der Waals surface area contributed by atoms with Crippen molar-refractivity contribution in [1.29, 1.82) is 0 Å². The molecule has 0 radical (unpaired) electrons. The maximum absolute atomic E-state index is 5.97. The van der Waals surface area contributed by atoms with Crippen LogP contribution in [-0.2, 0) is 4.74 Å². The van der Waals surface area contributed by atoms with Crippen LogP contribution < -0.4 is 5.73 Å². The van der Waals surface area contributed by atoms with Crippen molar-refractivity contribution >= 4 is 0 Å². The molecule has 0 unspecified atom stereocenters. The smallest absolute Gasteiger partial charge is 0.0594 e. The van der Waals surface area contributed by atoms with Crippen LogP contribution in [0.3, 0.4) is 0 Å². The zero-order chi connectivity index (χ0) is 12.0. The summed E-state index contributed by atoms with van der Waals surface area (Å²) in [6.45, 7) is 11.5. The zero-order valence-electron chi connectivity index (χ0n) is 11.0. The number of ether oxygens (including phenoxy) is 1. The first-order valence-corrected chi connectivity index (χ1v) is 6.25. The minimum atomic E-state index is -0.0484. The number of nitrogens with zero attached hydrogens (tertiary/aromatic N) is 2. The van der Waals surface area contributed by atoms with E-state index in [0.29, 0.717) is 0 Å². The van der Waals surface area contributed by atoms with Gasteiger partial charge in [0.25, 0.3) is 0 Å². The molecule has 16 heavy (non-hydrogen) atoms. The fourth-order valence-corrected chi connectivity index (χ4v) is 1.73. The summed E-state index contributed by atoms with van der Waals surface area (Å²) < 4.78 is 5.33. The van der Waals surface area contributed by atoms with Gasteiger partial charge in [-0.1, -0.05) is 0 Å². The standard InChI is InChI=1S/C12H27N3O/c1-12(2,13)4-5-14(3)6-7-15-8-10-16-11-9-15/h4-11,13H2,1-3H3. The van der Waals surface area contributed by atoms with Gasteiger partial charge in [-0.05, 0) is 33.9 Å². The van der Waals surface area contributed by atoms with Gasteiger partial charge in [0.1, 0.15) is 0 Å². The Morgan fingerprint density at radius 2 is 1.88 bits per heavy atom. The molecule has 1 aliphatic rings. The van der Waals surface area contributed by atoms with E-state index in [2.05, 4.69) is 30.7 Å². The maximum Gasteiger partial charge on any atom is 0.0594 e. The fraction of sp³-hybridized carbons (Fsp3) is 1.00. The Morgan fingerprint density at radius 1 is 1.25 bits per heavy atom. The third kappa shape index (κ3) is 6.43. The molecule has 4 nitrogen and oxygen atoms in total. The highest BCUT2D eigenvalue weighted by molar-refractivity contribution is 4.73. The highest BCUT2D eigenvalue weighted by Gasteiger charge is 2.13. The van der Waals surface area contributed by atoms with E-state index in [1.165, 1.54) is 0 Å². The monoisotopic (exact) mass is 229 g/mol. The predicted molar refractivity (Wildman–Crippen MR) is 67.6 cm³/mol. The lowest BCUT2D eigenvalue weighted by Gasteiger charge is -2.29. The van der Waals surface area contributed by atoms with Crippen molar-refractivity contribution in [2.24, 2.45) is 5.73 Å². The minimum Gasteiger partial charge on any atom is -0.379 e. The van der Waals surface area contributed by atoms with Crippen LogP contribution in [0.25, 0.3) is 0 Å². The normalized spacial score (nSPS) is 19.3. The quantitative estimate of drug-likeness (QED) is 0.715. The van der Waals surface area contributed by atoms with Crippen LogP contribution in [0, 0.1) is 0 Å². The predicted octanol–water partition coefficient (Wildman–Crippen LogP) is 0.378. The summed E-state index contributed by atoms with van der Waals surface area (Å²) in [6.07, 6.45) is 1.05. The Bertz CT molecular complexity index is 185. The summed E-state index contributed by atoms with van der Waals surface area (Å²) in [5, 5.41) is 0. The van der Waals surface area contributed by atoms with Crippen LogP contribution >= 0.6 is 0 Å². The van der Waals surface area contributed by atoms with Gasteiger partial charge >= 0.3 is 0 Å². The average molecular weight is 229 g/mol. The molecule has 0 spiro atoms. The SMILES string of the molecule is CN(CCN1CCOCC1)CCC(C)(C)N. The molecule has 1 saturated heterocycles. The second-order valence-electron chi connectivity index (χ2n) is 5.50. The van der Waals surface area contributed by atoms with E-state index in [1.807, 2.05) is 0 Å². The van der Waals surface area contributed by atoms with Crippen molar-refractivity contribution in [2.75, 3.05) is 53.0 Å². The summed E-state index contributed by atoms with van der Waals surface area (Å²) in [5.41, 5.74) is 5.92. The molecule has 96 valence electrons. The number of hydrogen-bond acceptors (Lipinski definition) is 4. The fourth-order valence-electron chi connectivity index (χ4n) is 1.73. The largest absolute Gasteiger partial charge is 0.379 e. The van der Waals surface area contributed by atoms with E-state index in [9.17, 15) is 0 Å². The van der Waals surface area contributed by atoms with Crippen molar-refractivity contribution in [3.05, 3.63) is 0 Å². The molecule has 0 aromatic carbocycles. The Balaban J connectivity index is 2.07. The highest BCUT2D eigenvalue weighted by Crippen LogP contribution is 2.04. The van der Waals surface area contributed by atoms with Crippen LogP contribution in [0.15, 0.2) is 0 Å². The molecule has 0 amide bonds. The maximum atomic E-state index is 5.97. The molecular formula is C12H27N3O. The topological polar surface area (TPSA) is 41.7 Å². The summed E-state index contributed by atoms with van der Waals surface area (Å²) in [4.78, 5) is 4.83. The van der Waals surface area contributed by atoms with Crippen LogP contribution in [0.1, 0.15) is 20.3 Å². The Hall–Kier alpha value is -0.160. The van der Waals surface area contributed by atoms with Crippen LogP contribution in [-0.4, -0.2) is 68.3 Å². The molecule has 0 aliphatic carbocycles. The first-order valence-electron chi connectivity index (χ1n) is 6.25. The van der Waals surface area contributed by atoms with Gasteiger partial charge in [-0.2, -0.15) is 0 Å². The van der Waals surface area contributed by atoms with Gasteiger partial charge in [-0.3, -0.25) is 4.90 Å². The van der Waals surface area contributed by atoms with Crippen molar-refractivity contribution in [3.8, 4) is 0 Å². The molecule has 0 saturated carbocycles. The molecule has 1 heterocycles. The van der Waals surface area contributed by atoms with E-state index in [0.717, 1.165) is 52.4 Å². The van der Waals surface area contributed by atoms with E-state index >= 15 is 0 Å². The van der Waals surface area contributed by atoms with Crippen molar-refractivity contribution < 1.29 is 4.74 Å². The molecule has 1 fully saturated rings. The Kier molecular flexibility index (Phi) is 5.69. The number of hydrogen-bond donors (Lipinski definition) is 1. The molecule has 0 aromatic heterocycles. The lowest BCUT2D eigenvalue weighted by atomic mass is 10.0. The Labute approximate surface area is 99.7 Å². The van der Waals surface area contributed by atoms with Crippen LogP contribution in [0.4, 0.5) is 0 Å². The van der Waals surface area contributed by atoms with Gasteiger partial charge in [0.15, 0.2) is 0 Å². The summed E-state index contributed by atoms with van der Waals surface area (Å²) in [6, 6.07) is 0. The Morgan fingerprint density at radius 3 is 2.44 bits per heavy atom. The minimum absolute atomic E-state index is 0.0484. The third-order valence-electron chi connectivity index (χ3n) is 3.04. The van der Waals surface area contributed by atoms with Crippen LogP contribution in [0.2, 0.25) is 0 Å². The summed E-state index contributed by atoms with van der Waals surface area (Å²) >= 11 is 0. The molecule has 0 bridgehead atoms. The number of likely N-dealkylation sites (N-methyl/N-ethyl adjacent to an activating group) is 1. The zero-order valence-corrected chi connectivity index (χ0v) is 11.0. The van der Waals surface area contributed by atoms with Gasteiger partial charge in [-0.25, -0.2) is 0 Å². The second-order valence-corrected chi connectivity index (χ2v) is 5.50. The highest BCUT2D eigenvalue weighted by atomic mass is 16.5. The molecule has 1 aliphatic heterocycles. The number of nitrogens with two attached hydrogens (primary N) is 1. The molecule has 2 N–H and O–H groups in total. The summed E-state index contributed by atoms with van der Waals surface area (Å²) in [7, 11) is 2.17. The number of rotatable bonds is 6. The lowest BCUT2D eigenvalue weighted by Crippen LogP contribution is -2.42. The van der Waals surface area contributed by atoms with Gasteiger partial charge in [0, 0.05) is 31.7 Å². The molecule has 0 aromatic rings. The second kappa shape index (κ2) is 6.55. The molecular weight excluding hydrogens is 202 g/mol. The molecule has 4 heteroatoms. The van der Waals surface area contributed by atoms with Crippen LogP contribution in [0.5, 0.6) is 0 Å². The average Bonchev–Trinajstić information content (AvgIpc) is 2.24. The van der Waals surface area contributed by atoms with Gasteiger partial charge in [-0.15, -0.1) is 0 Å². The summed E-state index contributed by atoms with van der Waals surface area (Å²) in [5.74, 6) is 0. The van der Waals surface area contributed by atoms with E-state index in [-0.39, 0.29) is 5.54 Å². The van der Waals surface area contributed by atoms with Gasteiger partial charge in [0.2, 0.25) is 0 Å². The van der Waals surface area contributed by atoms with Crippen molar-refractivity contribution in [2.45, 2.75) is 25.8 Å². The van der Waals surface area contributed by atoms with Gasteiger partial charge in [0.05, 0.1) is 13.2 Å².